The molecule has 1 N–H and O–H groups in total. The Kier molecular flexibility index (Phi) is 9.00. The average molecular weight is 585 g/mol. The molecular formula is C21H22BrClF3N3O4S. The third-order valence-corrected chi connectivity index (χ3v) is 6.88. The van der Waals surface area contributed by atoms with E-state index in [-0.39, 0.29) is 11.6 Å². The largest absolute Gasteiger partial charge is 0.416 e. The van der Waals surface area contributed by atoms with Crippen molar-refractivity contribution in [3.05, 3.63) is 63.1 Å². The monoisotopic (exact) mass is 583 g/mol. The highest BCUT2D eigenvalue weighted by molar-refractivity contribution is 9.10. The van der Waals surface area contributed by atoms with Gasteiger partial charge in [0.15, 0.2) is 0 Å². The molecule has 0 aromatic heterocycles. The van der Waals surface area contributed by atoms with E-state index in [0.717, 1.165) is 21.7 Å². The van der Waals surface area contributed by atoms with Crippen LogP contribution < -0.4 is 9.62 Å². The van der Waals surface area contributed by atoms with Gasteiger partial charge in [-0.15, -0.1) is 0 Å². The molecule has 0 spiro atoms. The predicted octanol–water partition coefficient (Wildman–Crippen LogP) is 4.05. The van der Waals surface area contributed by atoms with Crippen LogP contribution in [-0.2, 0) is 32.3 Å². The van der Waals surface area contributed by atoms with Crippen LogP contribution in [-0.4, -0.2) is 51.0 Å². The molecule has 2 aromatic rings. The van der Waals surface area contributed by atoms with E-state index in [2.05, 4.69) is 21.2 Å². The fraction of sp³-hybridized carbons (Fsp3) is 0.333. The van der Waals surface area contributed by atoms with E-state index >= 15 is 0 Å². The van der Waals surface area contributed by atoms with Gasteiger partial charge in [0.2, 0.25) is 21.8 Å². The topological polar surface area (TPSA) is 86.8 Å². The summed E-state index contributed by atoms with van der Waals surface area (Å²) in [5.41, 5.74) is -0.975. The van der Waals surface area contributed by atoms with Crippen LogP contribution in [0.2, 0.25) is 5.02 Å². The summed E-state index contributed by atoms with van der Waals surface area (Å²) in [4.78, 5) is 26.7. The fourth-order valence-electron chi connectivity index (χ4n) is 3.05. The maximum atomic E-state index is 13.3. The molecule has 0 radical (unpaired) electrons. The molecular weight excluding hydrogens is 563 g/mol. The number of sulfonamides is 1. The number of rotatable bonds is 8. The number of carbonyl (C=O) groups excluding carboxylic acids is 2. The lowest BCUT2D eigenvalue weighted by Crippen LogP contribution is -2.50. The van der Waals surface area contributed by atoms with Crippen molar-refractivity contribution >= 4 is 55.1 Å². The van der Waals surface area contributed by atoms with Gasteiger partial charge in [0.1, 0.15) is 12.6 Å². The van der Waals surface area contributed by atoms with Crippen LogP contribution in [0.3, 0.4) is 0 Å². The number of nitrogens with one attached hydrogen (secondary N) is 1. The predicted molar refractivity (Wildman–Crippen MR) is 127 cm³/mol. The molecule has 0 unspecified atom stereocenters. The molecule has 0 aliphatic heterocycles. The smallest absolute Gasteiger partial charge is 0.357 e. The summed E-state index contributed by atoms with van der Waals surface area (Å²) in [6, 6.07) is 8.06. The van der Waals surface area contributed by atoms with Crippen LogP contribution in [0.25, 0.3) is 0 Å². The number of hydrogen-bond donors (Lipinski definition) is 1. The quantitative estimate of drug-likeness (QED) is 0.507. The molecule has 186 valence electrons. The Morgan fingerprint density at radius 3 is 2.24 bits per heavy atom. The normalized spacial score (nSPS) is 12.7. The van der Waals surface area contributed by atoms with Crippen molar-refractivity contribution in [1.29, 1.82) is 0 Å². The minimum Gasteiger partial charge on any atom is -0.357 e. The molecule has 0 saturated heterocycles. The molecule has 0 saturated carbocycles. The molecule has 2 amide bonds. The van der Waals surface area contributed by atoms with Gasteiger partial charge in [-0.3, -0.25) is 13.9 Å². The van der Waals surface area contributed by atoms with Crippen LogP contribution in [0.5, 0.6) is 0 Å². The first-order valence-electron chi connectivity index (χ1n) is 9.75. The minimum atomic E-state index is -4.76. The fourth-order valence-corrected chi connectivity index (χ4v) is 4.44. The molecule has 0 aliphatic rings. The Labute approximate surface area is 209 Å². The van der Waals surface area contributed by atoms with Gasteiger partial charge < -0.3 is 10.2 Å². The van der Waals surface area contributed by atoms with Crippen molar-refractivity contribution in [3.63, 3.8) is 0 Å². The van der Waals surface area contributed by atoms with Gasteiger partial charge in [-0.25, -0.2) is 8.42 Å². The van der Waals surface area contributed by atoms with E-state index in [0.29, 0.717) is 22.0 Å². The highest BCUT2D eigenvalue weighted by atomic mass is 79.9. The molecule has 2 aromatic carbocycles. The van der Waals surface area contributed by atoms with Crippen LogP contribution in [0.1, 0.15) is 18.1 Å². The Morgan fingerprint density at radius 1 is 1.15 bits per heavy atom. The van der Waals surface area contributed by atoms with Gasteiger partial charge in [-0.1, -0.05) is 39.7 Å². The van der Waals surface area contributed by atoms with Gasteiger partial charge in [-0.2, -0.15) is 13.2 Å². The number of alkyl halides is 3. The highest BCUT2D eigenvalue weighted by Crippen LogP contribution is 2.36. The number of nitrogens with zero attached hydrogens (tertiary/aromatic N) is 2. The van der Waals surface area contributed by atoms with Gasteiger partial charge in [0.05, 0.1) is 22.5 Å². The van der Waals surface area contributed by atoms with E-state index in [1.54, 1.807) is 24.3 Å². The van der Waals surface area contributed by atoms with E-state index in [1.165, 1.54) is 14.0 Å². The summed E-state index contributed by atoms with van der Waals surface area (Å²) in [6.45, 7) is 0.546. The second-order valence-electron chi connectivity index (χ2n) is 7.37. The van der Waals surface area contributed by atoms with Gasteiger partial charge in [0.25, 0.3) is 0 Å². The molecule has 0 bridgehead atoms. The molecule has 0 aliphatic carbocycles. The van der Waals surface area contributed by atoms with Crippen molar-refractivity contribution in [2.24, 2.45) is 0 Å². The lowest BCUT2D eigenvalue weighted by Gasteiger charge is -2.31. The molecule has 7 nitrogen and oxygen atoms in total. The van der Waals surface area contributed by atoms with E-state index in [4.69, 9.17) is 11.6 Å². The number of hydrogen-bond acceptors (Lipinski definition) is 4. The van der Waals surface area contributed by atoms with Crippen LogP contribution in [0.15, 0.2) is 46.9 Å². The van der Waals surface area contributed by atoms with E-state index in [9.17, 15) is 31.2 Å². The molecule has 2 rings (SSSR count). The number of amides is 2. The van der Waals surface area contributed by atoms with E-state index in [1.807, 2.05) is 0 Å². The summed E-state index contributed by atoms with van der Waals surface area (Å²) in [5, 5.41) is 2.14. The van der Waals surface area contributed by atoms with Crippen molar-refractivity contribution in [2.45, 2.75) is 25.7 Å². The molecule has 13 heteroatoms. The highest BCUT2D eigenvalue weighted by Gasteiger charge is 2.34. The van der Waals surface area contributed by atoms with Crippen molar-refractivity contribution in [1.82, 2.24) is 10.2 Å². The summed E-state index contributed by atoms with van der Waals surface area (Å²) in [5.74, 6) is -1.31. The van der Waals surface area contributed by atoms with Gasteiger partial charge in [-0.05, 0) is 42.8 Å². The summed E-state index contributed by atoms with van der Waals surface area (Å²) >= 11 is 9.32. The second kappa shape index (κ2) is 11.0. The first-order chi connectivity index (χ1) is 15.6. The maximum absolute atomic E-state index is 13.3. The van der Waals surface area contributed by atoms with Crippen LogP contribution in [0, 0.1) is 0 Å². The number of benzene rings is 2. The SMILES string of the molecule is CNC(=O)[C@@H](C)N(Cc1ccc(Br)cc1)C(=O)CN(c1cc(C(F)(F)F)ccc1Cl)S(C)(=O)=O. The second-order valence-corrected chi connectivity index (χ2v) is 10.6. The minimum absolute atomic E-state index is 0.0470. The van der Waals surface area contributed by atoms with Gasteiger partial charge in [0, 0.05) is 18.1 Å². The van der Waals surface area contributed by atoms with Crippen molar-refractivity contribution in [2.75, 3.05) is 24.2 Å². The standard InChI is InChI=1S/C21H22BrClF3N3O4S/c1-13(20(31)27-2)28(11-14-4-7-16(22)8-5-14)19(30)12-29(34(3,32)33)18-10-15(21(24,25)26)6-9-17(18)23/h4-10,13H,11-12H2,1-3H3,(H,27,31)/t13-/m1/s1. The Balaban J connectivity index is 2.48. The molecule has 0 heterocycles. The Hall–Kier alpha value is -2.31. The third kappa shape index (κ3) is 7.09. The summed E-state index contributed by atoms with van der Waals surface area (Å²) in [7, 11) is -2.85. The Morgan fingerprint density at radius 2 is 1.74 bits per heavy atom. The third-order valence-electron chi connectivity index (χ3n) is 4.90. The number of likely N-dealkylation sites (N-methyl/N-ethyl adjacent to an activating group) is 1. The molecule has 0 fully saturated rings. The Bertz CT molecular complexity index is 1160. The van der Waals surface area contributed by atoms with Crippen LogP contribution >= 0.6 is 27.5 Å². The van der Waals surface area contributed by atoms with Crippen molar-refractivity contribution < 1.29 is 31.2 Å². The lowest BCUT2D eigenvalue weighted by atomic mass is 10.1. The average Bonchev–Trinajstić information content (AvgIpc) is 2.74. The number of carbonyl (C=O) groups is 2. The summed E-state index contributed by atoms with van der Waals surface area (Å²) in [6.07, 6.45) is -4.01. The van der Waals surface area contributed by atoms with E-state index < -0.39 is 51.9 Å². The van der Waals surface area contributed by atoms with Gasteiger partial charge >= 0.3 is 6.18 Å². The first-order valence-corrected chi connectivity index (χ1v) is 12.8. The zero-order valence-electron chi connectivity index (χ0n) is 18.4. The number of anilines is 1. The molecule has 34 heavy (non-hydrogen) atoms. The lowest BCUT2D eigenvalue weighted by molar-refractivity contribution is -0.139. The van der Waals surface area contributed by atoms with Crippen LogP contribution in [0.4, 0.5) is 18.9 Å². The van der Waals surface area contributed by atoms with Crippen molar-refractivity contribution in [3.8, 4) is 0 Å². The first kappa shape index (κ1) is 27.9. The zero-order chi connectivity index (χ0) is 25.8. The molecule has 1 atom stereocenters. The summed E-state index contributed by atoms with van der Waals surface area (Å²) < 4.78 is 65.9. The maximum Gasteiger partial charge on any atom is 0.416 e. The zero-order valence-corrected chi connectivity index (χ0v) is 21.5. The number of halogens is 5.